The first kappa shape index (κ1) is 19.2. The summed E-state index contributed by atoms with van der Waals surface area (Å²) in [6, 6.07) is 0.464. The van der Waals surface area contributed by atoms with Crippen molar-refractivity contribution in [3.63, 3.8) is 0 Å². The Morgan fingerprint density at radius 3 is 2.25 bits per heavy atom. The van der Waals surface area contributed by atoms with Gasteiger partial charge in [0.15, 0.2) is 5.96 Å². The van der Waals surface area contributed by atoms with E-state index in [-0.39, 0.29) is 5.54 Å². The molecular formula is C16H36N4. The standard InChI is InChI=1S/C16H36N4/c1-8-17-15(18-11-12-19-16(5,6)7)20-14(4)10-9-13(2)3/h13-14,19H,8-12H2,1-7H3,(H2,17,18,20). The van der Waals surface area contributed by atoms with Crippen LogP contribution in [-0.2, 0) is 0 Å². The summed E-state index contributed by atoms with van der Waals surface area (Å²) in [5.41, 5.74) is 0.159. The summed E-state index contributed by atoms with van der Waals surface area (Å²) in [5.74, 6) is 1.69. The zero-order valence-corrected chi connectivity index (χ0v) is 14.6. The van der Waals surface area contributed by atoms with Gasteiger partial charge in [0.25, 0.3) is 0 Å². The number of hydrogen-bond acceptors (Lipinski definition) is 2. The highest BCUT2D eigenvalue weighted by molar-refractivity contribution is 5.80. The summed E-state index contributed by atoms with van der Waals surface area (Å²) in [5, 5.41) is 10.2. The molecule has 0 fully saturated rings. The van der Waals surface area contributed by atoms with E-state index >= 15 is 0 Å². The average molecular weight is 284 g/mol. The van der Waals surface area contributed by atoms with Crippen LogP contribution in [0, 0.1) is 5.92 Å². The van der Waals surface area contributed by atoms with Gasteiger partial charge in [-0.05, 0) is 53.4 Å². The molecule has 0 spiro atoms. The molecule has 0 aliphatic rings. The molecular weight excluding hydrogens is 248 g/mol. The van der Waals surface area contributed by atoms with E-state index < -0.39 is 0 Å². The first-order valence-electron chi connectivity index (χ1n) is 8.04. The number of hydrogen-bond donors (Lipinski definition) is 3. The van der Waals surface area contributed by atoms with Gasteiger partial charge in [0, 0.05) is 24.7 Å². The lowest BCUT2D eigenvalue weighted by atomic mass is 10.0. The Morgan fingerprint density at radius 2 is 1.75 bits per heavy atom. The molecule has 0 aromatic rings. The maximum absolute atomic E-state index is 4.62. The number of nitrogens with one attached hydrogen (secondary N) is 3. The molecule has 0 aromatic heterocycles. The Bertz CT molecular complexity index is 266. The molecule has 0 bridgehead atoms. The maximum atomic E-state index is 4.62. The van der Waals surface area contributed by atoms with E-state index in [0.717, 1.165) is 31.5 Å². The van der Waals surface area contributed by atoms with Gasteiger partial charge in [-0.15, -0.1) is 0 Å². The van der Waals surface area contributed by atoms with Crippen LogP contribution in [0.1, 0.15) is 61.3 Å². The lowest BCUT2D eigenvalue weighted by Crippen LogP contribution is -2.43. The fourth-order valence-electron chi connectivity index (χ4n) is 1.81. The first-order chi connectivity index (χ1) is 9.24. The molecule has 4 nitrogen and oxygen atoms in total. The normalized spacial score (nSPS) is 14.5. The van der Waals surface area contributed by atoms with Gasteiger partial charge in [0.1, 0.15) is 0 Å². The highest BCUT2D eigenvalue weighted by Crippen LogP contribution is 2.06. The number of aliphatic imine (C=N–C) groups is 1. The lowest BCUT2D eigenvalue weighted by molar-refractivity contribution is 0.432. The average Bonchev–Trinajstić information content (AvgIpc) is 2.31. The Morgan fingerprint density at radius 1 is 1.10 bits per heavy atom. The number of nitrogens with zero attached hydrogens (tertiary/aromatic N) is 1. The highest BCUT2D eigenvalue weighted by atomic mass is 15.2. The third kappa shape index (κ3) is 12.3. The second kappa shape index (κ2) is 10.0. The summed E-state index contributed by atoms with van der Waals surface area (Å²) in [6.45, 7) is 18.0. The van der Waals surface area contributed by atoms with Crippen molar-refractivity contribution >= 4 is 5.96 Å². The van der Waals surface area contributed by atoms with Crippen LogP contribution < -0.4 is 16.0 Å². The molecule has 0 aromatic carbocycles. The first-order valence-corrected chi connectivity index (χ1v) is 8.04. The molecule has 0 aliphatic carbocycles. The maximum Gasteiger partial charge on any atom is 0.191 e. The third-order valence-corrected chi connectivity index (χ3v) is 2.94. The van der Waals surface area contributed by atoms with Crippen LogP contribution in [0.3, 0.4) is 0 Å². The molecule has 1 unspecified atom stereocenters. The Hall–Kier alpha value is -0.770. The summed E-state index contributed by atoms with van der Waals surface area (Å²) in [4.78, 5) is 4.62. The molecule has 0 rings (SSSR count). The minimum Gasteiger partial charge on any atom is -0.357 e. The Kier molecular flexibility index (Phi) is 9.64. The van der Waals surface area contributed by atoms with Crippen LogP contribution in [0.25, 0.3) is 0 Å². The Balaban J connectivity index is 4.13. The monoisotopic (exact) mass is 284 g/mol. The smallest absolute Gasteiger partial charge is 0.191 e. The molecule has 120 valence electrons. The van der Waals surface area contributed by atoms with E-state index in [1.807, 2.05) is 0 Å². The molecule has 0 saturated carbocycles. The van der Waals surface area contributed by atoms with Gasteiger partial charge in [0.2, 0.25) is 0 Å². The quantitative estimate of drug-likeness (QED) is 0.365. The van der Waals surface area contributed by atoms with E-state index in [4.69, 9.17) is 0 Å². The Labute approximate surface area is 126 Å². The molecule has 0 heterocycles. The van der Waals surface area contributed by atoms with Crippen LogP contribution in [0.15, 0.2) is 4.99 Å². The van der Waals surface area contributed by atoms with Gasteiger partial charge in [0.05, 0.1) is 6.54 Å². The topological polar surface area (TPSA) is 48.5 Å². The van der Waals surface area contributed by atoms with E-state index in [9.17, 15) is 0 Å². The predicted molar refractivity (Wildman–Crippen MR) is 90.4 cm³/mol. The van der Waals surface area contributed by atoms with E-state index in [2.05, 4.69) is 69.4 Å². The molecule has 1 atom stereocenters. The van der Waals surface area contributed by atoms with Crippen LogP contribution in [0.5, 0.6) is 0 Å². The molecule has 20 heavy (non-hydrogen) atoms. The minimum atomic E-state index is 0.159. The van der Waals surface area contributed by atoms with Crippen molar-refractivity contribution in [1.82, 2.24) is 16.0 Å². The van der Waals surface area contributed by atoms with Gasteiger partial charge in [-0.2, -0.15) is 0 Å². The molecule has 3 N–H and O–H groups in total. The molecule has 4 heteroatoms. The second-order valence-corrected chi connectivity index (χ2v) is 6.95. The largest absolute Gasteiger partial charge is 0.357 e. The third-order valence-electron chi connectivity index (χ3n) is 2.94. The number of rotatable bonds is 8. The summed E-state index contributed by atoms with van der Waals surface area (Å²) >= 11 is 0. The number of guanidine groups is 1. The second-order valence-electron chi connectivity index (χ2n) is 6.95. The van der Waals surface area contributed by atoms with Gasteiger partial charge < -0.3 is 16.0 Å². The SMILES string of the molecule is CCNC(=NCCNC(C)(C)C)NC(C)CCC(C)C. The summed E-state index contributed by atoms with van der Waals surface area (Å²) in [6.07, 6.45) is 2.43. The zero-order chi connectivity index (χ0) is 15.6. The van der Waals surface area contributed by atoms with Crippen molar-refractivity contribution in [1.29, 1.82) is 0 Å². The highest BCUT2D eigenvalue weighted by Gasteiger charge is 2.08. The fourth-order valence-corrected chi connectivity index (χ4v) is 1.81. The molecule has 0 radical (unpaired) electrons. The van der Waals surface area contributed by atoms with Gasteiger partial charge >= 0.3 is 0 Å². The van der Waals surface area contributed by atoms with Crippen LogP contribution in [-0.4, -0.2) is 37.2 Å². The van der Waals surface area contributed by atoms with Crippen molar-refractivity contribution in [3.05, 3.63) is 0 Å². The zero-order valence-electron chi connectivity index (χ0n) is 14.6. The van der Waals surface area contributed by atoms with Gasteiger partial charge in [-0.1, -0.05) is 13.8 Å². The van der Waals surface area contributed by atoms with Crippen molar-refractivity contribution in [2.45, 2.75) is 72.9 Å². The van der Waals surface area contributed by atoms with Crippen LogP contribution >= 0.6 is 0 Å². The van der Waals surface area contributed by atoms with Crippen molar-refractivity contribution in [2.75, 3.05) is 19.6 Å². The van der Waals surface area contributed by atoms with Crippen LogP contribution in [0.2, 0.25) is 0 Å². The molecule has 0 saturated heterocycles. The summed E-state index contributed by atoms with van der Waals surface area (Å²) < 4.78 is 0. The molecule has 0 amide bonds. The molecule has 0 aliphatic heterocycles. The van der Waals surface area contributed by atoms with Gasteiger partial charge in [-0.3, -0.25) is 4.99 Å². The van der Waals surface area contributed by atoms with Crippen LogP contribution in [0.4, 0.5) is 0 Å². The van der Waals surface area contributed by atoms with E-state index in [1.54, 1.807) is 0 Å². The van der Waals surface area contributed by atoms with Gasteiger partial charge in [-0.25, -0.2) is 0 Å². The van der Waals surface area contributed by atoms with E-state index in [1.165, 1.54) is 12.8 Å². The van der Waals surface area contributed by atoms with E-state index in [0.29, 0.717) is 6.04 Å². The summed E-state index contributed by atoms with van der Waals surface area (Å²) in [7, 11) is 0. The van der Waals surface area contributed by atoms with Crippen molar-refractivity contribution in [3.8, 4) is 0 Å². The van der Waals surface area contributed by atoms with Crippen molar-refractivity contribution < 1.29 is 0 Å². The predicted octanol–water partition coefficient (Wildman–Crippen LogP) is 2.75. The van der Waals surface area contributed by atoms with Crippen molar-refractivity contribution in [2.24, 2.45) is 10.9 Å². The minimum absolute atomic E-state index is 0.159. The lowest BCUT2D eigenvalue weighted by Gasteiger charge is -2.21. The fraction of sp³-hybridized carbons (Fsp3) is 0.938.